The highest BCUT2D eigenvalue weighted by atomic mass is 16.3. The molecule has 2 rings (SSSR count). The molecule has 0 bridgehead atoms. The maximum absolute atomic E-state index is 11.2. The fourth-order valence-corrected chi connectivity index (χ4v) is 2.06. The van der Waals surface area contributed by atoms with E-state index in [2.05, 4.69) is 15.2 Å². The molecule has 4 N–H and O–H groups in total. The fraction of sp³-hybridized carbons (Fsp3) is 0.700. The molecule has 1 unspecified atom stereocenters. The highest BCUT2D eigenvalue weighted by Gasteiger charge is 2.17. The maximum atomic E-state index is 11.2. The van der Waals surface area contributed by atoms with Crippen LogP contribution in [0.25, 0.3) is 0 Å². The molecule has 1 fully saturated rings. The number of aliphatic hydroxyl groups excluding tert-OH is 1. The van der Waals surface area contributed by atoms with Gasteiger partial charge in [0.2, 0.25) is 0 Å². The molecule has 0 radical (unpaired) electrons. The Labute approximate surface area is 105 Å². The first kappa shape index (κ1) is 12.9. The van der Waals surface area contributed by atoms with Crippen molar-refractivity contribution in [2.24, 2.45) is 5.84 Å². The fourth-order valence-electron chi connectivity index (χ4n) is 2.06. The molecule has 8 heteroatoms. The normalized spacial score (nSPS) is 20.9. The Morgan fingerprint density at radius 3 is 3.17 bits per heavy atom. The topological polar surface area (TPSA) is 109 Å². The van der Waals surface area contributed by atoms with Gasteiger partial charge in [0.05, 0.1) is 18.8 Å². The van der Waals surface area contributed by atoms with Crippen LogP contribution in [-0.2, 0) is 6.54 Å². The van der Waals surface area contributed by atoms with Crippen molar-refractivity contribution in [2.45, 2.75) is 25.5 Å². The van der Waals surface area contributed by atoms with Crippen LogP contribution in [0.4, 0.5) is 0 Å². The van der Waals surface area contributed by atoms with Crippen LogP contribution in [0.5, 0.6) is 0 Å². The molecule has 1 saturated heterocycles. The number of carbonyl (C=O) groups excluding carboxylic acids is 1. The van der Waals surface area contributed by atoms with Crippen LogP contribution in [0.15, 0.2) is 6.20 Å². The average Bonchev–Trinajstić information content (AvgIpc) is 2.84. The third-order valence-electron chi connectivity index (χ3n) is 3.03. The third kappa shape index (κ3) is 3.25. The summed E-state index contributed by atoms with van der Waals surface area (Å²) in [6.07, 6.45) is 3.22. The second kappa shape index (κ2) is 5.89. The van der Waals surface area contributed by atoms with Crippen LogP contribution in [0.3, 0.4) is 0 Å². The van der Waals surface area contributed by atoms with Crippen LogP contribution in [0.2, 0.25) is 0 Å². The lowest BCUT2D eigenvalue weighted by Crippen LogP contribution is -2.39. The zero-order valence-electron chi connectivity index (χ0n) is 10.1. The van der Waals surface area contributed by atoms with E-state index in [1.54, 1.807) is 10.9 Å². The van der Waals surface area contributed by atoms with Crippen LogP contribution in [0, 0.1) is 0 Å². The van der Waals surface area contributed by atoms with Gasteiger partial charge in [0.15, 0.2) is 5.69 Å². The first-order valence-electron chi connectivity index (χ1n) is 6.00. The highest BCUT2D eigenvalue weighted by molar-refractivity contribution is 5.91. The summed E-state index contributed by atoms with van der Waals surface area (Å²) in [5, 5.41) is 17.1. The Morgan fingerprint density at radius 1 is 1.61 bits per heavy atom. The smallest absolute Gasteiger partial charge is 0.287 e. The number of piperidine rings is 1. The highest BCUT2D eigenvalue weighted by Crippen LogP contribution is 2.09. The Hall–Kier alpha value is -1.51. The number of rotatable bonds is 4. The summed E-state index contributed by atoms with van der Waals surface area (Å²) in [6.45, 7) is 3.11. The van der Waals surface area contributed by atoms with Gasteiger partial charge in [0.1, 0.15) is 0 Å². The number of aromatic nitrogens is 3. The number of nitrogens with one attached hydrogen (secondary N) is 1. The summed E-state index contributed by atoms with van der Waals surface area (Å²) < 4.78 is 1.60. The van der Waals surface area contributed by atoms with E-state index in [0.29, 0.717) is 13.1 Å². The summed E-state index contributed by atoms with van der Waals surface area (Å²) in [7, 11) is 0. The number of hydrazine groups is 1. The molecule has 1 aliphatic rings. The molecule has 2 heterocycles. The van der Waals surface area contributed by atoms with Crippen molar-refractivity contribution in [2.75, 3.05) is 19.6 Å². The predicted octanol–water partition coefficient (Wildman–Crippen LogP) is -1.66. The van der Waals surface area contributed by atoms with Crippen LogP contribution >= 0.6 is 0 Å². The molecule has 8 nitrogen and oxygen atoms in total. The summed E-state index contributed by atoms with van der Waals surface area (Å²) in [6, 6.07) is 0. The van der Waals surface area contributed by atoms with Crippen molar-refractivity contribution >= 4 is 5.91 Å². The summed E-state index contributed by atoms with van der Waals surface area (Å²) in [4.78, 5) is 13.4. The quantitative estimate of drug-likeness (QED) is 0.337. The first-order chi connectivity index (χ1) is 8.69. The largest absolute Gasteiger partial charge is 0.392 e. The lowest BCUT2D eigenvalue weighted by Gasteiger charge is -2.29. The molecule has 0 saturated carbocycles. The van der Waals surface area contributed by atoms with Crippen LogP contribution in [-0.4, -0.2) is 56.6 Å². The Bertz CT molecular complexity index is 407. The van der Waals surface area contributed by atoms with Crippen LogP contribution in [0.1, 0.15) is 23.3 Å². The van der Waals surface area contributed by atoms with E-state index in [-0.39, 0.29) is 11.8 Å². The first-order valence-corrected chi connectivity index (χ1v) is 6.00. The van der Waals surface area contributed by atoms with E-state index in [1.807, 2.05) is 5.43 Å². The van der Waals surface area contributed by atoms with Gasteiger partial charge in [-0.05, 0) is 19.4 Å². The maximum Gasteiger partial charge on any atom is 0.287 e. The summed E-state index contributed by atoms with van der Waals surface area (Å²) in [5.41, 5.74) is 2.21. The summed E-state index contributed by atoms with van der Waals surface area (Å²) >= 11 is 0. The lowest BCUT2D eigenvalue weighted by molar-refractivity contribution is 0.0683. The lowest BCUT2D eigenvalue weighted by atomic mass is 10.1. The number of amides is 1. The molecule has 0 spiro atoms. The van der Waals surface area contributed by atoms with Gasteiger partial charge >= 0.3 is 0 Å². The molecule has 1 aromatic rings. The number of hydrogen-bond acceptors (Lipinski definition) is 6. The van der Waals surface area contributed by atoms with E-state index < -0.39 is 5.91 Å². The van der Waals surface area contributed by atoms with E-state index >= 15 is 0 Å². The number of hydrogen-bond donors (Lipinski definition) is 3. The molecule has 0 aliphatic carbocycles. The Balaban J connectivity index is 1.82. The van der Waals surface area contributed by atoms with Crippen molar-refractivity contribution < 1.29 is 9.90 Å². The third-order valence-corrected chi connectivity index (χ3v) is 3.03. The molecule has 1 aliphatic heterocycles. The van der Waals surface area contributed by atoms with Gasteiger partial charge in [-0.25, -0.2) is 5.84 Å². The second-order valence-electron chi connectivity index (χ2n) is 4.44. The van der Waals surface area contributed by atoms with Gasteiger partial charge in [0, 0.05) is 13.1 Å². The van der Waals surface area contributed by atoms with Gasteiger partial charge in [0.25, 0.3) is 5.91 Å². The number of likely N-dealkylation sites (tertiary alicyclic amines) is 1. The van der Waals surface area contributed by atoms with E-state index in [9.17, 15) is 9.90 Å². The zero-order valence-corrected chi connectivity index (χ0v) is 10.1. The van der Waals surface area contributed by atoms with Crippen molar-refractivity contribution in [3.05, 3.63) is 11.9 Å². The zero-order chi connectivity index (χ0) is 13.0. The summed E-state index contributed by atoms with van der Waals surface area (Å²) in [5.74, 6) is 4.56. The average molecular weight is 254 g/mol. The monoisotopic (exact) mass is 254 g/mol. The molecule has 1 amide bonds. The van der Waals surface area contributed by atoms with Gasteiger partial charge in [-0.3, -0.25) is 19.8 Å². The molecular weight excluding hydrogens is 236 g/mol. The SMILES string of the molecule is NNC(=O)c1cn(CCN2CCCC(O)C2)nn1. The van der Waals surface area contributed by atoms with Gasteiger partial charge in [-0.1, -0.05) is 5.21 Å². The number of aliphatic hydroxyl groups is 1. The van der Waals surface area contributed by atoms with Crippen molar-refractivity contribution in [1.29, 1.82) is 0 Å². The number of nitrogens with two attached hydrogens (primary N) is 1. The number of nitrogens with zero attached hydrogens (tertiary/aromatic N) is 4. The molecule has 100 valence electrons. The van der Waals surface area contributed by atoms with Crippen LogP contribution < -0.4 is 11.3 Å². The minimum absolute atomic E-state index is 0.205. The van der Waals surface area contributed by atoms with E-state index in [4.69, 9.17) is 5.84 Å². The predicted molar refractivity (Wildman–Crippen MR) is 63.4 cm³/mol. The molecule has 1 atom stereocenters. The molecule has 0 aromatic carbocycles. The molecule has 1 aromatic heterocycles. The second-order valence-corrected chi connectivity index (χ2v) is 4.44. The van der Waals surface area contributed by atoms with Gasteiger partial charge in [-0.2, -0.15) is 0 Å². The number of carbonyl (C=O) groups is 1. The van der Waals surface area contributed by atoms with E-state index in [0.717, 1.165) is 25.9 Å². The van der Waals surface area contributed by atoms with Gasteiger partial charge in [-0.15, -0.1) is 5.10 Å². The molecular formula is C10H18N6O2. The number of β-amino-alcohol motifs (C(OH)–C–C–N with tert-alkyl or cyclic N) is 1. The van der Waals surface area contributed by atoms with Crippen molar-refractivity contribution in [3.63, 3.8) is 0 Å². The molecule has 18 heavy (non-hydrogen) atoms. The minimum Gasteiger partial charge on any atom is -0.392 e. The van der Waals surface area contributed by atoms with Crippen molar-refractivity contribution in [1.82, 2.24) is 25.3 Å². The Kier molecular flexibility index (Phi) is 4.24. The van der Waals surface area contributed by atoms with Crippen molar-refractivity contribution in [3.8, 4) is 0 Å². The van der Waals surface area contributed by atoms with E-state index in [1.165, 1.54) is 0 Å². The standard InChI is InChI=1S/C10H18N6O2/c11-12-10(18)9-7-16(14-13-9)5-4-15-3-1-2-8(17)6-15/h7-8,17H,1-6,11H2,(H,12,18). The number of nitrogen functional groups attached to an aromatic ring is 1. The Morgan fingerprint density at radius 2 is 2.44 bits per heavy atom. The van der Waals surface area contributed by atoms with Gasteiger partial charge < -0.3 is 5.11 Å². The minimum atomic E-state index is -0.449.